The summed E-state index contributed by atoms with van der Waals surface area (Å²) in [6.07, 6.45) is 0. The van der Waals surface area contributed by atoms with Crippen LogP contribution in [0.4, 0.5) is 17.6 Å². The van der Waals surface area contributed by atoms with Crippen molar-refractivity contribution >= 4 is 39.7 Å². The van der Waals surface area contributed by atoms with Crippen molar-refractivity contribution in [2.24, 2.45) is 0 Å². The summed E-state index contributed by atoms with van der Waals surface area (Å²) in [5.74, 6) is 1.48. The molecule has 0 amide bonds. The quantitative estimate of drug-likeness (QED) is 0.258. The van der Waals surface area contributed by atoms with Crippen molar-refractivity contribution in [3.05, 3.63) is 100 Å². The highest BCUT2D eigenvalue weighted by Gasteiger charge is 2.36. The van der Waals surface area contributed by atoms with Gasteiger partial charge in [0.2, 0.25) is 11.9 Å². The van der Waals surface area contributed by atoms with Crippen LogP contribution in [0.15, 0.2) is 66.7 Å². The molecule has 0 aliphatic heterocycles. The molecular weight excluding hydrogens is 466 g/mol. The number of H-pyrrole nitrogens is 2. The van der Waals surface area contributed by atoms with Crippen molar-refractivity contribution in [1.82, 2.24) is 19.9 Å². The number of rotatable bonds is 3. The van der Waals surface area contributed by atoms with Gasteiger partial charge in [-0.25, -0.2) is 14.9 Å². The number of nitrogens with one attached hydrogen (secondary N) is 2. The summed E-state index contributed by atoms with van der Waals surface area (Å²) in [6, 6.07) is 24.1. The van der Waals surface area contributed by atoms with Crippen molar-refractivity contribution in [3.8, 4) is 11.1 Å². The fourth-order valence-electron chi connectivity index (χ4n) is 5.90. The van der Waals surface area contributed by atoms with Crippen molar-refractivity contribution in [2.75, 3.05) is 4.90 Å². The van der Waals surface area contributed by atoms with Gasteiger partial charge >= 0.3 is 0 Å². The summed E-state index contributed by atoms with van der Waals surface area (Å²) in [4.78, 5) is 19.4. The highest BCUT2D eigenvalue weighted by atomic mass is 15.3. The Bertz CT molecular complexity index is 1740. The number of hydrogen-bond donors (Lipinski definition) is 2. The molecule has 0 radical (unpaired) electrons. The molecule has 0 unspecified atom stereocenters. The van der Waals surface area contributed by atoms with Gasteiger partial charge in [0.05, 0.1) is 27.8 Å². The fraction of sp³-hybridized carbons (Fsp3) is 0.212. The number of hydrogen-bond acceptors (Lipinski definition) is 3. The Kier molecular flexibility index (Phi) is 4.68. The number of imidazole rings is 2. The van der Waals surface area contributed by atoms with Crippen LogP contribution >= 0.6 is 0 Å². The molecule has 0 bridgehead atoms. The van der Waals surface area contributed by atoms with E-state index in [0.29, 0.717) is 0 Å². The molecule has 5 heteroatoms. The Morgan fingerprint density at radius 2 is 1.13 bits per heavy atom. The Hall–Kier alpha value is -4.38. The van der Waals surface area contributed by atoms with Gasteiger partial charge < -0.3 is 9.97 Å². The number of fused-ring (bicyclic) bond motifs is 5. The van der Waals surface area contributed by atoms with Gasteiger partial charge in [0.25, 0.3) is 0 Å². The molecule has 188 valence electrons. The molecule has 0 atom stereocenters. The first kappa shape index (κ1) is 22.8. The van der Waals surface area contributed by atoms with Crippen molar-refractivity contribution < 1.29 is 0 Å². The van der Waals surface area contributed by atoms with Crippen LogP contribution < -0.4 is 4.90 Å². The van der Waals surface area contributed by atoms with Crippen LogP contribution in [-0.2, 0) is 5.41 Å². The van der Waals surface area contributed by atoms with Gasteiger partial charge in [-0.1, -0.05) is 44.2 Å². The minimum absolute atomic E-state index is 0.0994. The lowest BCUT2D eigenvalue weighted by Gasteiger charge is -2.24. The van der Waals surface area contributed by atoms with Gasteiger partial charge in [-0.2, -0.15) is 0 Å². The van der Waals surface area contributed by atoms with E-state index in [1.807, 2.05) is 0 Å². The molecule has 7 rings (SSSR count). The van der Waals surface area contributed by atoms with Crippen LogP contribution in [0.25, 0.3) is 33.2 Å². The summed E-state index contributed by atoms with van der Waals surface area (Å²) in [6.45, 7) is 13.2. The molecule has 2 N–H and O–H groups in total. The second-order valence-electron chi connectivity index (χ2n) is 11.3. The van der Waals surface area contributed by atoms with Crippen molar-refractivity contribution in [1.29, 1.82) is 0 Å². The second kappa shape index (κ2) is 7.81. The molecule has 0 fully saturated rings. The predicted octanol–water partition coefficient (Wildman–Crippen LogP) is 8.45. The first-order valence-electron chi connectivity index (χ1n) is 13.2. The largest absolute Gasteiger partial charge is 0.323 e. The number of benzene rings is 4. The van der Waals surface area contributed by atoms with E-state index in [2.05, 4.69) is 123 Å². The Balaban J connectivity index is 1.46. The lowest BCUT2D eigenvalue weighted by molar-refractivity contribution is 0.660. The van der Waals surface area contributed by atoms with E-state index in [4.69, 9.17) is 9.97 Å². The fourth-order valence-corrected chi connectivity index (χ4v) is 5.90. The van der Waals surface area contributed by atoms with Crippen LogP contribution in [0.3, 0.4) is 0 Å². The van der Waals surface area contributed by atoms with Gasteiger partial charge in [-0.3, -0.25) is 0 Å². The lowest BCUT2D eigenvalue weighted by atomic mass is 9.82. The van der Waals surface area contributed by atoms with Gasteiger partial charge in [-0.15, -0.1) is 0 Å². The SMILES string of the molecule is Cc1cc2nc(N(c3ccc4c(c3)C(C)(C)c3ccccc3-4)c3nc4cc(C)c(C)cc4[nH]3)[nH]c2cc1C. The zero-order valence-corrected chi connectivity index (χ0v) is 22.7. The zero-order chi connectivity index (χ0) is 26.3. The average Bonchev–Trinajstić information content (AvgIpc) is 3.53. The number of aromatic nitrogens is 4. The zero-order valence-electron chi connectivity index (χ0n) is 22.7. The summed E-state index contributed by atoms with van der Waals surface area (Å²) in [5, 5.41) is 0. The minimum Gasteiger partial charge on any atom is -0.323 e. The third kappa shape index (κ3) is 3.24. The van der Waals surface area contributed by atoms with Gasteiger partial charge in [-0.05, 0) is 109 Å². The maximum absolute atomic E-state index is 5.05. The summed E-state index contributed by atoms with van der Waals surface area (Å²) >= 11 is 0. The van der Waals surface area contributed by atoms with E-state index in [1.54, 1.807) is 0 Å². The van der Waals surface area contributed by atoms with Crippen molar-refractivity contribution in [3.63, 3.8) is 0 Å². The molecule has 6 aromatic rings. The first-order valence-corrected chi connectivity index (χ1v) is 13.2. The molecule has 1 aliphatic rings. The molecule has 0 saturated heterocycles. The maximum atomic E-state index is 5.05. The van der Waals surface area contributed by atoms with E-state index in [9.17, 15) is 0 Å². The van der Waals surface area contributed by atoms with Crippen LogP contribution in [0.5, 0.6) is 0 Å². The third-order valence-corrected chi connectivity index (χ3v) is 8.42. The normalized spacial score (nSPS) is 13.7. The average molecular weight is 498 g/mol. The van der Waals surface area contributed by atoms with Crippen LogP contribution in [0, 0.1) is 27.7 Å². The topological polar surface area (TPSA) is 60.6 Å². The second-order valence-corrected chi connectivity index (χ2v) is 11.3. The van der Waals surface area contributed by atoms with E-state index >= 15 is 0 Å². The molecule has 0 spiro atoms. The molecular formula is C33H31N5. The van der Waals surface area contributed by atoms with Crippen LogP contribution in [0.2, 0.25) is 0 Å². The van der Waals surface area contributed by atoms with E-state index in [0.717, 1.165) is 39.7 Å². The van der Waals surface area contributed by atoms with E-state index < -0.39 is 0 Å². The molecule has 2 heterocycles. The molecule has 38 heavy (non-hydrogen) atoms. The minimum atomic E-state index is -0.0994. The highest BCUT2D eigenvalue weighted by molar-refractivity contribution is 5.88. The van der Waals surface area contributed by atoms with Gasteiger partial charge in [0.15, 0.2) is 0 Å². The Morgan fingerprint density at radius 1 is 0.605 bits per heavy atom. The van der Waals surface area contributed by atoms with E-state index in [1.165, 1.54) is 44.5 Å². The smallest absolute Gasteiger partial charge is 0.215 e. The third-order valence-electron chi connectivity index (χ3n) is 8.42. The van der Waals surface area contributed by atoms with Crippen LogP contribution in [-0.4, -0.2) is 19.9 Å². The lowest BCUT2D eigenvalue weighted by Crippen LogP contribution is -2.17. The molecule has 4 aromatic carbocycles. The van der Waals surface area contributed by atoms with E-state index in [-0.39, 0.29) is 5.41 Å². The number of nitrogens with zero attached hydrogens (tertiary/aromatic N) is 3. The molecule has 0 saturated carbocycles. The summed E-state index contributed by atoms with van der Waals surface area (Å²) in [7, 11) is 0. The Morgan fingerprint density at radius 3 is 1.74 bits per heavy atom. The predicted molar refractivity (Wildman–Crippen MR) is 157 cm³/mol. The van der Waals surface area contributed by atoms with Gasteiger partial charge in [0.1, 0.15) is 0 Å². The maximum Gasteiger partial charge on any atom is 0.215 e. The standard InChI is InChI=1S/C33H31N5/c1-18-13-27-28(14-19(18)2)35-31(34-27)38(32-36-29-15-20(3)21(4)16-30(29)37-32)22-11-12-24-23-9-7-8-10-25(23)33(5,6)26(24)17-22/h7-17H,1-6H3,(H,34,35)(H,36,37). The number of aromatic amines is 2. The molecule has 2 aromatic heterocycles. The highest BCUT2D eigenvalue weighted by Crippen LogP contribution is 2.50. The summed E-state index contributed by atoms with van der Waals surface area (Å²) in [5.41, 5.74) is 15.1. The Labute approximate surface area is 222 Å². The number of aryl methyl sites for hydroxylation is 4. The summed E-state index contributed by atoms with van der Waals surface area (Å²) < 4.78 is 0. The first-order chi connectivity index (χ1) is 18.2. The number of anilines is 3. The van der Waals surface area contributed by atoms with Gasteiger partial charge in [0, 0.05) is 5.41 Å². The molecule has 5 nitrogen and oxygen atoms in total. The monoisotopic (exact) mass is 497 g/mol. The molecule has 1 aliphatic carbocycles. The van der Waals surface area contributed by atoms with Crippen molar-refractivity contribution in [2.45, 2.75) is 47.0 Å². The van der Waals surface area contributed by atoms with Crippen LogP contribution in [0.1, 0.15) is 47.2 Å².